The number of ether oxygens (including phenoxy) is 1. The van der Waals surface area contributed by atoms with Crippen LogP contribution in [0.5, 0.6) is 0 Å². The molecule has 2 atom stereocenters. The molecule has 0 spiro atoms. The molecule has 2 N–H and O–H groups in total. The summed E-state index contributed by atoms with van der Waals surface area (Å²) in [6.07, 6.45) is 3.46. The highest BCUT2D eigenvalue weighted by Crippen LogP contribution is 2.22. The van der Waals surface area contributed by atoms with E-state index in [2.05, 4.69) is 12.1 Å². The maximum Gasteiger partial charge on any atom is 0.104 e. The summed E-state index contributed by atoms with van der Waals surface area (Å²) >= 11 is 5.98. The van der Waals surface area contributed by atoms with Crippen molar-refractivity contribution in [1.29, 1.82) is 0 Å². The Morgan fingerprint density at radius 1 is 1.25 bits per heavy atom. The van der Waals surface area contributed by atoms with Crippen LogP contribution in [0.25, 0.3) is 0 Å². The second-order valence-corrected chi connectivity index (χ2v) is 6.42. The number of nitrogens with zero attached hydrogens (tertiary/aromatic N) is 1. The standard InChI is InChI=1S/C16H26ClN2O/c1-20-12-11-19(9-2-3-16(18)8-10-19)13-14-4-6-15(17)7-5-14/h4-7,16H,2-3,8-13,18H2,1H3/q+1. The van der Waals surface area contributed by atoms with Gasteiger partial charge in [0.25, 0.3) is 0 Å². The zero-order valence-electron chi connectivity index (χ0n) is 12.4. The average Bonchev–Trinajstić information content (AvgIpc) is 2.62. The van der Waals surface area contributed by atoms with Crippen LogP contribution < -0.4 is 5.73 Å². The third-order valence-corrected chi connectivity index (χ3v) is 4.63. The van der Waals surface area contributed by atoms with E-state index in [0.29, 0.717) is 6.04 Å². The van der Waals surface area contributed by atoms with Crippen LogP contribution >= 0.6 is 11.6 Å². The first-order chi connectivity index (χ1) is 9.63. The summed E-state index contributed by atoms with van der Waals surface area (Å²) in [6.45, 7) is 5.26. The number of nitrogens with two attached hydrogens (primary N) is 1. The smallest absolute Gasteiger partial charge is 0.104 e. The van der Waals surface area contributed by atoms with Gasteiger partial charge in [0.05, 0.1) is 19.7 Å². The molecule has 1 heterocycles. The van der Waals surface area contributed by atoms with Crippen LogP contribution in [0.3, 0.4) is 0 Å². The number of halogens is 1. The molecule has 0 aliphatic carbocycles. The molecule has 1 aromatic rings. The van der Waals surface area contributed by atoms with Gasteiger partial charge in [-0.05, 0) is 25.0 Å². The van der Waals surface area contributed by atoms with E-state index >= 15 is 0 Å². The van der Waals surface area contributed by atoms with E-state index in [1.807, 2.05) is 12.1 Å². The highest BCUT2D eigenvalue weighted by Gasteiger charge is 2.30. The Morgan fingerprint density at radius 3 is 2.70 bits per heavy atom. The van der Waals surface area contributed by atoms with Gasteiger partial charge in [-0.15, -0.1) is 0 Å². The lowest BCUT2D eigenvalue weighted by atomic mass is 10.1. The molecule has 3 nitrogen and oxygen atoms in total. The first kappa shape index (κ1) is 15.8. The fraction of sp³-hybridized carbons (Fsp3) is 0.625. The Morgan fingerprint density at radius 2 is 2.00 bits per heavy atom. The zero-order chi connectivity index (χ0) is 14.4. The minimum atomic E-state index is 0.364. The van der Waals surface area contributed by atoms with Gasteiger partial charge in [0.15, 0.2) is 0 Å². The number of hydrogen-bond acceptors (Lipinski definition) is 2. The fourth-order valence-corrected chi connectivity index (χ4v) is 3.23. The lowest BCUT2D eigenvalue weighted by Gasteiger charge is -2.38. The largest absolute Gasteiger partial charge is 0.379 e. The number of benzene rings is 1. The van der Waals surface area contributed by atoms with E-state index in [9.17, 15) is 0 Å². The number of likely N-dealkylation sites (tertiary alicyclic amines) is 1. The van der Waals surface area contributed by atoms with Crippen molar-refractivity contribution in [3.8, 4) is 0 Å². The Bertz CT molecular complexity index is 405. The van der Waals surface area contributed by atoms with Crippen LogP contribution in [0.15, 0.2) is 24.3 Å². The van der Waals surface area contributed by atoms with Crippen molar-refractivity contribution >= 4 is 11.6 Å². The summed E-state index contributed by atoms with van der Waals surface area (Å²) in [5.74, 6) is 0. The monoisotopic (exact) mass is 297 g/mol. The molecule has 20 heavy (non-hydrogen) atoms. The quantitative estimate of drug-likeness (QED) is 0.848. The number of rotatable bonds is 5. The van der Waals surface area contributed by atoms with E-state index in [1.165, 1.54) is 18.5 Å². The van der Waals surface area contributed by atoms with Crippen molar-refractivity contribution in [3.63, 3.8) is 0 Å². The predicted molar refractivity (Wildman–Crippen MR) is 83.7 cm³/mol. The highest BCUT2D eigenvalue weighted by molar-refractivity contribution is 6.30. The lowest BCUT2D eigenvalue weighted by molar-refractivity contribution is -0.940. The van der Waals surface area contributed by atoms with Gasteiger partial charge in [0.1, 0.15) is 13.1 Å². The van der Waals surface area contributed by atoms with Gasteiger partial charge >= 0.3 is 0 Å². The van der Waals surface area contributed by atoms with Gasteiger partial charge in [0, 0.05) is 30.2 Å². The van der Waals surface area contributed by atoms with Gasteiger partial charge in [-0.3, -0.25) is 0 Å². The highest BCUT2D eigenvalue weighted by atomic mass is 35.5. The van der Waals surface area contributed by atoms with Gasteiger partial charge in [-0.2, -0.15) is 0 Å². The molecule has 2 unspecified atom stereocenters. The second kappa shape index (κ2) is 7.41. The number of methoxy groups -OCH3 is 1. The normalized spacial score (nSPS) is 27.2. The van der Waals surface area contributed by atoms with Gasteiger partial charge in [-0.1, -0.05) is 23.7 Å². The molecule has 1 aliphatic rings. The molecule has 0 aromatic heterocycles. The SMILES string of the molecule is COCC[N+]1(Cc2ccc(Cl)cc2)CCCC(N)CC1. The van der Waals surface area contributed by atoms with Crippen LogP contribution in [0.1, 0.15) is 24.8 Å². The van der Waals surface area contributed by atoms with E-state index in [1.54, 1.807) is 7.11 Å². The Kier molecular flexibility index (Phi) is 5.85. The molecule has 1 aromatic carbocycles. The zero-order valence-corrected chi connectivity index (χ0v) is 13.1. The topological polar surface area (TPSA) is 35.2 Å². The second-order valence-electron chi connectivity index (χ2n) is 5.98. The molecule has 112 valence electrons. The van der Waals surface area contributed by atoms with Crippen LogP contribution in [-0.4, -0.2) is 43.9 Å². The Labute approximate surface area is 127 Å². The first-order valence-corrected chi connectivity index (χ1v) is 7.85. The maximum absolute atomic E-state index is 6.14. The molecule has 0 radical (unpaired) electrons. The average molecular weight is 298 g/mol. The molecule has 0 amide bonds. The molecule has 0 saturated carbocycles. The number of quaternary nitrogens is 1. The molecule has 1 aliphatic heterocycles. The van der Waals surface area contributed by atoms with Crippen LogP contribution in [0, 0.1) is 0 Å². The van der Waals surface area contributed by atoms with E-state index < -0.39 is 0 Å². The predicted octanol–water partition coefficient (Wildman–Crippen LogP) is 2.81. The van der Waals surface area contributed by atoms with Crippen LogP contribution in [-0.2, 0) is 11.3 Å². The Hall–Kier alpha value is -0.610. The van der Waals surface area contributed by atoms with Crippen LogP contribution in [0.2, 0.25) is 5.02 Å². The molecule has 1 saturated heterocycles. The molecule has 1 fully saturated rings. The fourth-order valence-electron chi connectivity index (χ4n) is 3.11. The minimum absolute atomic E-state index is 0.364. The third-order valence-electron chi connectivity index (χ3n) is 4.38. The molecular weight excluding hydrogens is 272 g/mol. The van der Waals surface area contributed by atoms with E-state index in [0.717, 1.165) is 48.6 Å². The summed E-state index contributed by atoms with van der Waals surface area (Å²) in [5, 5.41) is 0.801. The van der Waals surface area contributed by atoms with Crippen LogP contribution in [0.4, 0.5) is 0 Å². The molecule has 0 bridgehead atoms. The summed E-state index contributed by atoms with van der Waals surface area (Å²) in [4.78, 5) is 0. The van der Waals surface area contributed by atoms with Gasteiger partial charge in [-0.25, -0.2) is 0 Å². The summed E-state index contributed by atoms with van der Waals surface area (Å²) in [6, 6.07) is 8.60. The minimum Gasteiger partial charge on any atom is -0.379 e. The molecule has 2 rings (SSSR count). The van der Waals surface area contributed by atoms with Crippen molar-refractivity contribution < 1.29 is 9.22 Å². The van der Waals surface area contributed by atoms with Crippen molar-refractivity contribution in [2.24, 2.45) is 5.73 Å². The molecule has 4 heteroatoms. The summed E-state index contributed by atoms with van der Waals surface area (Å²) < 4.78 is 6.41. The number of hydrogen-bond donors (Lipinski definition) is 1. The maximum atomic E-state index is 6.14. The van der Waals surface area contributed by atoms with Crippen molar-refractivity contribution in [2.75, 3.05) is 33.4 Å². The van der Waals surface area contributed by atoms with Gasteiger partial charge in [0.2, 0.25) is 0 Å². The van der Waals surface area contributed by atoms with Crippen molar-refractivity contribution in [2.45, 2.75) is 31.8 Å². The third kappa shape index (κ3) is 4.45. The summed E-state index contributed by atoms with van der Waals surface area (Å²) in [5.41, 5.74) is 7.49. The van der Waals surface area contributed by atoms with Gasteiger partial charge < -0.3 is 15.0 Å². The summed E-state index contributed by atoms with van der Waals surface area (Å²) in [7, 11) is 1.78. The first-order valence-electron chi connectivity index (χ1n) is 7.48. The van der Waals surface area contributed by atoms with E-state index in [-0.39, 0.29) is 0 Å². The Balaban J connectivity index is 2.11. The van der Waals surface area contributed by atoms with Crippen molar-refractivity contribution in [1.82, 2.24) is 0 Å². The van der Waals surface area contributed by atoms with Crippen molar-refractivity contribution in [3.05, 3.63) is 34.9 Å². The molecular formula is C16H26ClN2O+. The van der Waals surface area contributed by atoms with E-state index in [4.69, 9.17) is 22.1 Å². The lowest BCUT2D eigenvalue weighted by Crippen LogP contribution is -2.50.